The molecule has 0 saturated carbocycles. The molecule has 1 aromatic rings. The van der Waals surface area contributed by atoms with E-state index in [1.807, 2.05) is 37.3 Å². The van der Waals surface area contributed by atoms with Crippen LogP contribution >= 0.6 is 0 Å². The zero-order valence-electron chi connectivity index (χ0n) is 11.1. The minimum atomic E-state index is -0.0939. The van der Waals surface area contributed by atoms with Crippen molar-refractivity contribution in [3.8, 4) is 0 Å². The summed E-state index contributed by atoms with van der Waals surface area (Å²) in [6.07, 6.45) is 3.92. The van der Waals surface area contributed by atoms with Crippen molar-refractivity contribution < 1.29 is 9.90 Å². The van der Waals surface area contributed by atoms with Gasteiger partial charge in [0, 0.05) is 13.2 Å². The third-order valence-corrected chi connectivity index (χ3v) is 3.08. The fourth-order valence-electron chi connectivity index (χ4n) is 1.85. The number of hydrogen-bond acceptors (Lipinski definition) is 2. The van der Waals surface area contributed by atoms with E-state index in [2.05, 4.69) is 5.32 Å². The average Bonchev–Trinajstić information content (AvgIpc) is 2.42. The van der Waals surface area contributed by atoms with Crippen LogP contribution in [0.1, 0.15) is 44.1 Å². The predicted molar refractivity (Wildman–Crippen MR) is 73.4 cm³/mol. The molecule has 0 aromatic heterocycles. The number of nitrogens with one attached hydrogen (secondary N) is 1. The Morgan fingerprint density at radius 3 is 2.50 bits per heavy atom. The van der Waals surface area contributed by atoms with Crippen molar-refractivity contribution in [3.63, 3.8) is 0 Å². The van der Waals surface area contributed by atoms with Crippen LogP contribution < -0.4 is 5.32 Å². The van der Waals surface area contributed by atoms with Gasteiger partial charge < -0.3 is 10.4 Å². The Morgan fingerprint density at radius 2 is 1.83 bits per heavy atom. The Balaban J connectivity index is 2.20. The maximum atomic E-state index is 11.9. The highest BCUT2D eigenvalue weighted by atomic mass is 16.2. The molecule has 0 bridgehead atoms. The minimum Gasteiger partial charge on any atom is -0.396 e. The largest absolute Gasteiger partial charge is 0.396 e. The van der Waals surface area contributed by atoms with Gasteiger partial charge in [0.15, 0.2) is 0 Å². The first-order valence-electron chi connectivity index (χ1n) is 6.69. The standard InChI is InChI=1S/C15H23NO2/c1-13(14-9-5-4-6-10-14)15(18)16-11-7-2-3-8-12-17/h4-6,9-10,13,17H,2-3,7-8,11-12H2,1H3,(H,16,18). The van der Waals surface area contributed by atoms with E-state index in [9.17, 15) is 4.79 Å². The molecule has 3 heteroatoms. The van der Waals surface area contributed by atoms with Crippen molar-refractivity contribution in [3.05, 3.63) is 35.9 Å². The fourth-order valence-corrected chi connectivity index (χ4v) is 1.85. The molecule has 1 rings (SSSR count). The van der Waals surface area contributed by atoms with Gasteiger partial charge >= 0.3 is 0 Å². The van der Waals surface area contributed by atoms with Crippen LogP contribution in [0.15, 0.2) is 30.3 Å². The van der Waals surface area contributed by atoms with E-state index >= 15 is 0 Å². The molecule has 1 amide bonds. The number of aliphatic hydroxyl groups is 1. The SMILES string of the molecule is CC(C(=O)NCCCCCCO)c1ccccc1. The quantitative estimate of drug-likeness (QED) is 0.695. The van der Waals surface area contributed by atoms with Crippen molar-refractivity contribution in [1.29, 1.82) is 0 Å². The summed E-state index contributed by atoms with van der Waals surface area (Å²) in [5, 5.41) is 11.6. The molecule has 0 aliphatic heterocycles. The molecule has 0 radical (unpaired) electrons. The lowest BCUT2D eigenvalue weighted by Crippen LogP contribution is -2.28. The van der Waals surface area contributed by atoms with E-state index in [0.29, 0.717) is 0 Å². The lowest BCUT2D eigenvalue weighted by Gasteiger charge is -2.12. The fraction of sp³-hybridized carbons (Fsp3) is 0.533. The summed E-state index contributed by atoms with van der Waals surface area (Å²) in [5.74, 6) is -0.00741. The number of unbranched alkanes of at least 4 members (excludes halogenated alkanes) is 3. The first kappa shape index (κ1) is 14.7. The smallest absolute Gasteiger partial charge is 0.227 e. The normalized spacial score (nSPS) is 12.1. The highest BCUT2D eigenvalue weighted by Crippen LogP contribution is 2.14. The second-order valence-electron chi connectivity index (χ2n) is 4.56. The zero-order chi connectivity index (χ0) is 13.2. The third-order valence-electron chi connectivity index (χ3n) is 3.08. The van der Waals surface area contributed by atoms with Gasteiger partial charge in [-0.3, -0.25) is 4.79 Å². The Labute approximate surface area is 109 Å². The molecule has 1 atom stereocenters. The Morgan fingerprint density at radius 1 is 1.17 bits per heavy atom. The van der Waals surface area contributed by atoms with Gasteiger partial charge in [0.25, 0.3) is 0 Å². The molecular weight excluding hydrogens is 226 g/mol. The van der Waals surface area contributed by atoms with Gasteiger partial charge in [-0.2, -0.15) is 0 Å². The van der Waals surface area contributed by atoms with Crippen LogP contribution in [0.3, 0.4) is 0 Å². The van der Waals surface area contributed by atoms with Crippen molar-refractivity contribution in [2.75, 3.05) is 13.2 Å². The minimum absolute atomic E-state index is 0.0864. The van der Waals surface area contributed by atoms with Crippen LogP contribution in [-0.4, -0.2) is 24.2 Å². The number of amides is 1. The molecule has 0 heterocycles. The number of carbonyl (C=O) groups is 1. The van der Waals surface area contributed by atoms with Gasteiger partial charge in [-0.25, -0.2) is 0 Å². The molecule has 0 aliphatic rings. The summed E-state index contributed by atoms with van der Waals surface area (Å²) in [6, 6.07) is 9.81. The van der Waals surface area contributed by atoms with Gasteiger partial charge in [-0.1, -0.05) is 43.2 Å². The van der Waals surface area contributed by atoms with Crippen molar-refractivity contribution in [1.82, 2.24) is 5.32 Å². The van der Waals surface area contributed by atoms with Crippen LogP contribution in [0.4, 0.5) is 0 Å². The van der Waals surface area contributed by atoms with Crippen molar-refractivity contribution in [2.45, 2.75) is 38.5 Å². The molecule has 1 aromatic carbocycles. The Bertz CT molecular complexity index is 338. The van der Waals surface area contributed by atoms with Crippen LogP contribution in [0.25, 0.3) is 0 Å². The van der Waals surface area contributed by atoms with Crippen LogP contribution in [0.5, 0.6) is 0 Å². The van der Waals surface area contributed by atoms with Gasteiger partial charge in [0.2, 0.25) is 5.91 Å². The maximum absolute atomic E-state index is 11.9. The van der Waals surface area contributed by atoms with E-state index in [-0.39, 0.29) is 18.4 Å². The number of rotatable bonds is 8. The lowest BCUT2D eigenvalue weighted by molar-refractivity contribution is -0.122. The molecule has 3 nitrogen and oxygen atoms in total. The van der Waals surface area contributed by atoms with Crippen molar-refractivity contribution in [2.24, 2.45) is 0 Å². The highest BCUT2D eigenvalue weighted by Gasteiger charge is 2.13. The van der Waals surface area contributed by atoms with Crippen molar-refractivity contribution >= 4 is 5.91 Å². The average molecular weight is 249 g/mol. The first-order valence-corrected chi connectivity index (χ1v) is 6.69. The topological polar surface area (TPSA) is 49.3 Å². The van der Waals surface area contributed by atoms with Gasteiger partial charge in [-0.15, -0.1) is 0 Å². The summed E-state index contributed by atoms with van der Waals surface area (Å²) < 4.78 is 0. The van der Waals surface area contributed by atoms with E-state index < -0.39 is 0 Å². The van der Waals surface area contributed by atoms with E-state index in [1.165, 1.54) is 0 Å². The molecule has 0 spiro atoms. The molecule has 2 N–H and O–H groups in total. The van der Waals surface area contributed by atoms with Crippen LogP contribution in [-0.2, 0) is 4.79 Å². The molecular formula is C15H23NO2. The van der Waals surface area contributed by atoms with Gasteiger partial charge in [0.05, 0.1) is 5.92 Å². The maximum Gasteiger partial charge on any atom is 0.227 e. The summed E-state index contributed by atoms with van der Waals surface area (Å²) in [4.78, 5) is 11.9. The highest BCUT2D eigenvalue weighted by molar-refractivity contribution is 5.83. The van der Waals surface area contributed by atoms with Crippen LogP contribution in [0.2, 0.25) is 0 Å². The molecule has 0 aliphatic carbocycles. The number of benzene rings is 1. The van der Waals surface area contributed by atoms with Gasteiger partial charge in [0.1, 0.15) is 0 Å². The van der Waals surface area contributed by atoms with Gasteiger partial charge in [-0.05, 0) is 25.3 Å². The second kappa shape index (κ2) is 8.70. The van der Waals surface area contributed by atoms with Crippen LogP contribution in [0, 0.1) is 0 Å². The first-order chi connectivity index (χ1) is 8.75. The summed E-state index contributed by atoms with van der Waals surface area (Å²) in [6.45, 7) is 2.91. The summed E-state index contributed by atoms with van der Waals surface area (Å²) in [7, 11) is 0. The second-order valence-corrected chi connectivity index (χ2v) is 4.56. The summed E-state index contributed by atoms with van der Waals surface area (Å²) in [5.41, 5.74) is 1.05. The monoisotopic (exact) mass is 249 g/mol. The Kier molecular flexibility index (Phi) is 7.11. The van der Waals surface area contributed by atoms with E-state index in [1.54, 1.807) is 0 Å². The number of carbonyl (C=O) groups excluding carboxylic acids is 1. The van der Waals surface area contributed by atoms with E-state index in [4.69, 9.17) is 5.11 Å². The molecule has 0 fully saturated rings. The number of hydrogen-bond donors (Lipinski definition) is 2. The predicted octanol–water partition coefficient (Wildman–Crippen LogP) is 2.46. The van der Waals surface area contributed by atoms with E-state index in [0.717, 1.165) is 37.8 Å². The lowest BCUT2D eigenvalue weighted by atomic mass is 10.0. The molecule has 0 saturated heterocycles. The molecule has 18 heavy (non-hydrogen) atoms. The third kappa shape index (κ3) is 5.32. The summed E-state index contributed by atoms with van der Waals surface area (Å²) >= 11 is 0. The molecule has 1 unspecified atom stereocenters. The molecule has 100 valence electrons. The number of aliphatic hydroxyl groups excluding tert-OH is 1. The Hall–Kier alpha value is -1.35. The zero-order valence-corrected chi connectivity index (χ0v) is 11.1.